The number of aromatic nitrogens is 1. The fourth-order valence-electron chi connectivity index (χ4n) is 1.86. The van der Waals surface area contributed by atoms with Crippen LogP contribution in [0.1, 0.15) is 12.0 Å². The Balaban J connectivity index is 2.13. The Bertz CT molecular complexity index is 660. The first-order valence-electron chi connectivity index (χ1n) is 6.66. The van der Waals surface area contributed by atoms with Gasteiger partial charge < -0.3 is 14.2 Å². The third-order valence-electron chi connectivity index (χ3n) is 2.98. The van der Waals surface area contributed by atoms with Gasteiger partial charge in [-0.05, 0) is 30.2 Å². The summed E-state index contributed by atoms with van der Waals surface area (Å²) in [4.78, 5) is 14.8. The summed E-state index contributed by atoms with van der Waals surface area (Å²) in [6.45, 7) is 0. The summed E-state index contributed by atoms with van der Waals surface area (Å²) in [7, 11) is 2.86. The zero-order valence-electron chi connectivity index (χ0n) is 12.3. The van der Waals surface area contributed by atoms with Gasteiger partial charge in [0.15, 0.2) is 11.5 Å². The van der Waals surface area contributed by atoms with Crippen LogP contribution >= 0.6 is 0 Å². The molecular formula is C16H16FNO4. The minimum atomic E-state index is -0.619. The van der Waals surface area contributed by atoms with Gasteiger partial charge in [-0.25, -0.2) is 0 Å². The number of pyridine rings is 1. The lowest BCUT2D eigenvalue weighted by Crippen LogP contribution is -2.02. The van der Waals surface area contributed by atoms with Crippen molar-refractivity contribution in [1.82, 2.24) is 4.98 Å². The van der Waals surface area contributed by atoms with Crippen LogP contribution in [0.3, 0.4) is 0 Å². The van der Waals surface area contributed by atoms with Gasteiger partial charge in [-0.15, -0.1) is 0 Å². The zero-order valence-corrected chi connectivity index (χ0v) is 12.3. The van der Waals surface area contributed by atoms with E-state index in [1.165, 1.54) is 26.4 Å². The summed E-state index contributed by atoms with van der Waals surface area (Å²) in [5.74, 6) is 0.144. The number of hydrogen-bond donors (Lipinski definition) is 0. The number of esters is 1. The third-order valence-corrected chi connectivity index (χ3v) is 2.98. The molecule has 0 N–H and O–H groups in total. The van der Waals surface area contributed by atoms with E-state index in [4.69, 9.17) is 9.47 Å². The van der Waals surface area contributed by atoms with Crippen LogP contribution in [0, 0.1) is 5.95 Å². The van der Waals surface area contributed by atoms with Crippen molar-refractivity contribution < 1.29 is 23.4 Å². The van der Waals surface area contributed by atoms with E-state index in [-0.39, 0.29) is 18.3 Å². The van der Waals surface area contributed by atoms with Gasteiger partial charge in [0, 0.05) is 12.5 Å². The standard InChI is InChI=1S/C16H16FNO4/c1-20-13-10-11(7-9-16(19)21-2)6-8-12(13)22-15-5-3-4-14(17)18-15/h3-6,8,10H,7,9H2,1-2H3. The van der Waals surface area contributed by atoms with Crippen LogP contribution < -0.4 is 9.47 Å². The maximum absolute atomic E-state index is 13.1. The molecule has 0 spiro atoms. The third kappa shape index (κ3) is 4.18. The van der Waals surface area contributed by atoms with E-state index < -0.39 is 5.95 Å². The first kappa shape index (κ1) is 15.8. The number of nitrogens with zero attached hydrogens (tertiary/aromatic N) is 1. The monoisotopic (exact) mass is 305 g/mol. The van der Waals surface area contributed by atoms with Crippen molar-refractivity contribution in [3.63, 3.8) is 0 Å². The van der Waals surface area contributed by atoms with Crippen LogP contribution in [0.4, 0.5) is 4.39 Å². The Labute approximate surface area is 127 Å². The predicted octanol–water partition coefficient (Wildman–Crippen LogP) is 3.13. The molecule has 0 unspecified atom stereocenters. The lowest BCUT2D eigenvalue weighted by atomic mass is 10.1. The lowest BCUT2D eigenvalue weighted by Gasteiger charge is -2.11. The number of aryl methyl sites for hydroxylation is 1. The number of carbonyl (C=O) groups excluding carboxylic acids is 1. The van der Waals surface area contributed by atoms with E-state index in [1.807, 2.05) is 0 Å². The van der Waals surface area contributed by atoms with E-state index in [1.54, 1.807) is 24.3 Å². The summed E-state index contributed by atoms with van der Waals surface area (Å²) in [6.07, 6.45) is 0.812. The van der Waals surface area contributed by atoms with Crippen LogP contribution in [0.2, 0.25) is 0 Å². The van der Waals surface area contributed by atoms with Gasteiger partial charge in [0.05, 0.1) is 14.2 Å². The average molecular weight is 305 g/mol. The van der Waals surface area contributed by atoms with Gasteiger partial charge in [-0.1, -0.05) is 12.1 Å². The molecule has 0 amide bonds. The Kier molecular flexibility index (Phi) is 5.30. The molecule has 0 radical (unpaired) electrons. The van der Waals surface area contributed by atoms with Crippen molar-refractivity contribution in [2.45, 2.75) is 12.8 Å². The Morgan fingerprint density at radius 2 is 2.00 bits per heavy atom. The second kappa shape index (κ2) is 7.40. The minimum absolute atomic E-state index is 0.139. The Morgan fingerprint density at radius 3 is 2.68 bits per heavy atom. The van der Waals surface area contributed by atoms with E-state index >= 15 is 0 Å². The van der Waals surface area contributed by atoms with Crippen LogP contribution in [0.15, 0.2) is 36.4 Å². The van der Waals surface area contributed by atoms with Crippen LogP contribution in [0.5, 0.6) is 17.4 Å². The van der Waals surface area contributed by atoms with E-state index in [0.717, 1.165) is 5.56 Å². The smallest absolute Gasteiger partial charge is 0.305 e. The number of methoxy groups -OCH3 is 2. The van der Waals surface area contributed by atoms with Crippen molar-refractivity contribution in [2.75, 3.05) is 14.2 Å². The molecule has 1 aromatic heterocycles. The Hall–Kier alpha value is -2.63. The topological polar surface area (TPSA) is 57.7 Å². The average Bonchev–Trinajstić information content (AvgIpc) is 2.53. The lowest BCUT2D eigenvalue weighted by molar-refractivity contribution is -0.140. The maximum atomic E-state index is 13.1. The molecule has 2 aromatic rings. The number of ether oxygens (including phenoxy) is 3. The summed E-state index contributed by atoms with van der Waals surface area (Å²) in [5.41, 5.74) is 0.904. The van der Waals surface area contributed by atoms with Crippen LogP contribution in [-0.2, 0) is 16.0 Å². The van der Waals surface area contributed by atoms with Crippen molar-refractivity contribution in [3.05, 3.63) is 47.9 Å². The SMILES string of the molecule is COC(=O)CCc1ccc(Oc2cccc(F)n2)c(OC)c1. The summed E-state index contributed by atoms with van der Waals surface area (Å²) in [5, 5.41) is 0. The molecule has 1 heterocycles. The predicted molar refractivity (Wildman–Crippen MR) is 77.6 cm³/mol. The van der Waals surface area contributed by atoms with Crippen LogP contribution in [-0.4, -0.2) is 25.2 Å². The highest BCUT2D eigenvalue weighted by Gasteiger charge is 2.09. The highest BCUT2D eigenvalue weighted by atomic mass is 19.1. The van der Waals surface area contributed by atoms with E-state index in [0.29, 0.717) is 17.9 Å². The molecule has 1 aromatic carbocycles. The molecule has 0 fully saturated rings. The highest BCUT2D eigenvalue weighted by Crippen LogP contribution is 2.31. The molecule has 5 nitrogen and oxygen atoms in total. The van der Waals surface area contributed by atoms with E-state index in [2.05, 4.69) is 9.72 Å². The molecule has 0 saturated heterocycles. The van der Waals surface area contributed by atoms with E-state index in [9.17, 15) is 9.18 Å². The molecule has 116 valence electrons. The normalized spacial score (nSPS) is 10.1. The number of hydrogen-bond acceptors (Lipinski definition) is 5. The van der Waals surface area contributed by atoms with Gasteiger partial charge in [-0.2, -0.15) is 9.37 Å². The highest BCUT2D eigenvalue weighted by molar-refractivity contribution is 5.69. The van der Waals surface area contributed by atoms with Crippen molar-refractivity contribution >= 4 is 5.97 Å². The second-order valence-electron chi connectivity index (χ2n) is 4.46. The van der Waals surface area contributed by atoms with Crippen molar-refractivity contribution in [2.24, 2.45) is 0 Å². The molecule has 0 aliphatic carbocycles. The first-order valence-corrected chi connectivity index (χ1v) is 6.66. The molecule has 0 bridgehead atoms. The molecule has 22 heavy (non-hydrogen) atoms. The first-order chi connectivity index (χ1) is 10.6. The molecule has 0 atom stereocenters. The number of benzene rings is 1. The quantitative estimate of drug-likeness (QED) is 0.606. The number of rotatable bonds is 6. The molecule has 0 aliphatic rings. The molecule has 0 saturated carbocycles. The van der Waals surface area contributed by atoms with Gasteiger partial charge in [-0.3, -0.25) is 4.79 Å². The van der Waals surface area contributed by atoms with Gasteiger partial charge >= 0.3 is 5.97 Å². The maximum Gasteiger partial charge on any atom is 0.305 e. The van der Waals surface area contributed by atoms with Crippen LogP contribution in [0.25, 0.3) is 0 Å². The number of halogens is 1. The Morgan fingerprint density at radius 1 is 1.18 bits per heavy atom. The van der Waals surface area contributed by atoms with Crippen molar-refractivity contribution in [3.8, 4) is 17.4 Å². The van der Waals surface area contributed by atoms with Gasteiger partial charge in [0.2, 0.25) is 11.8 Å². The van der Waals surface area contributed by atoms with Crippen molar-refractivity contribution in [1.29, 1.82) is 0 Å². The second-order valence-corrected chi connectivity index (χ2v) is 4.46. The minimum Gasteiger partial charge on any atom is -0.493 e. The van der Waals surface area contributed by atoms with Gasteiger partial charge in [0.25, 0.3) is 0 Å². The molecule has 0 aliphatic heterocycles. The largest absolute Gasteiger partial charge is 0.493 e. The number of carbonyl (C=O) groups is 1. The molecule has 2 rings (SSSR count). The summed E-state index contributed by atoms with van der Waals surface area (Å²) < 4.78 is 28.4. The molecular weight excluding hydrogens is 289 g/mol. The molecule has 6 heteroatoms. The fraction of sp³-hybridized carbons (Fsp3) is 0.250. The summed E-state index contributed by atoms with van der Waals surface area (Å²) >= 11 is 0. The summed E-state index contributed by atoms with van der Waals surface area (Å²) in [6, 6.07) is 9.55. The zero-order chi connectivity index (χ0) is 15.9. The fourth-order valence-corrected chi connectivity index (χ4v) is 1.86. The van der Waals surface area contributed by atoms with Gasteiger partial charge in [0.1, 0.15) is 0 Å².